The van der Waals surface area contributed by atoms with Crippen molar-refractivity contribution in [3.05, 3.63) is 34.3 Å². The van der Waals surface area contributed by atoms with Gasteiger partial charge in [-0.3, -0.25) is 4.79 Å². The average molecular weight is 371 g/mol. The van der Waals surface area contributed by atoms with Gasteiger partial charge in [0.15, 0.2) is 18.5 Å². The largest absolute Gasteiger partial charge is 0.455 e. The molecule has 1 aliphatic rings. The lowest BCUT2D eigenvalue weighted by Crippen LogP contribution is -2.28. The Kier molecular flexibility index (Phi) is 6.54. The summed E-state index contributed by atoms with van der Waals surface area (Å²) in [6, 6.07) is 6.95. The highest BCUT2D eigenvalue weighted by atomic mass is 79.9. The molecule has 0 N–H and O–H groups in total. The number of benzene rings is 1. The third-order valence-electron chi connectivity index (χ3n) is 3.38. The summed E-state index contributed by atoms with van der Waals surface area (Å²) in [6.07, 6.45) is 1.31. The molecule has 2 unspecified atom stereocenters. The first-order valence-corrected chi connectivity index (χ1v) is 8.04. The third-order valence-corrected chi connectivity index (χ3v) is 3.87. The predicted octanol–water partition coefficient (Wildman–Crippen LogP) is 2.76. The van der Waals surface area contributed by atoms with E-state index in [2.05, 4.69) is 15.9 Å². The van der Waals surface area contributed by atoms with E-state index in [-0.39, 0.29) is 18.5 Å². The first kappa shape index (κ1) is 17.1. The van der Waals surface area contributed by atoms with Gasteiger partial charge in [0.1, 0.15) is 0 Å². The van der Waals surface area contributed by atoms with Gasteiger partial charge in [-0.15, -0.1) is 0 Å². The number of ketones is 1. The highest BCUT2D eigenvalue weighted by Gasteiger charge is 2.21. The van der Waals surface area contributed by atoms with Crippen LogP contribution in [0, 0.1) is 0 Å². The first-order chi connectivity index (χ1) is 10.6. The lowest BCUT2D eigenvalue weighted by atomic mass is 10.1. The summed E-state index contributed by atoms with van der Waals surface area (Å²) in [5, 5.41) is 0. The second-order valence-corrected chi connectivity index (χ2v) is 6.07. The van der Waals surface area contributed by atoms with Crippen LogP contribution in [0.15, 0.2) is 28.7 Å². The number of rotatable bonds is 7. The van der Waals surface area contributed by atoms with Crippen molar-refractivity contribution in [3.63, 3.8) is 0 Å². The lowest BCUT2D eigenvalue weighted by molar-refractivity contribution is -0.156. The molecule has 22 heavy (non-hydrogen) atoms. The van der Waals surface area contributed by atoms with Crippen LogP contribution in [-0.2, 0) is 19.0 Å². The van der Waals surface area contributed by atoms with Crippen molar-refractivity contribution in [2.45, 2.75) is 32.0 Å². The Labute approximate surface area is 138 Å². The number of Topliss-reactive ketones (excluding diaryl/α,β-unsaturated/α-hetero) is 1. The van der Waals surface area contributed by atoms with Gasteiger partial charge in [-0.2, -0.15) is 0 Å². The van der Waals surface area contributed by atoms with E-state index in [9.17, 15) is 9.59 Å². The van der Waals surface area contributed by atoms with Crippen LogP contribution in [0.5, 0.6) is 0 Å². The van der Waals surface area contributed by atoms with Crippen molar-refractivity contribution in [2.75, 3.05) is 19.8 Å². The minimum Gasteiger partial charge on any atom is -0.455 e. The Bertz CT molecular complexity index is 525. The van der Waals surface area contributed by atoms with E-state index in [0.717, 1.165) is 23.9 Å². The SMILES string of the molecule is CC(OCC1CCCO1)C(=O)OCC(=O)c1cccc(Br)c1. The quantitative estimate of drug-likeness (QED) is 0.545. The third kappa shape index (κ3) is 5.19. The highest BCUT2D eigenvalue weighted by molar-refractivity contribution is 9.10. The molecule has 2 rings (SSSR count). The van der Waals surface area contributed by atoms with Crippen molar-refractivity contribution in [1.29, 1.82) is 0 Å². The second kappa shape index (κ2) is 8.41. The fourth-order valence-electron chi connectivity index (χ4n) is 2.09. The predicted molar refractivity (Wildman–Crippen MR) is 83.8 cm³/mol. The molecule has 1 heterocycles. The molecule has 1 aliphatic heterocycles. The summed E-state index contributed by atoms with van der Waals surface area (Å²) in [5.74, 6) is -0.790. The Morgan fingerprint density at radius 3 is 2.95 bits per heavy atom. The molecular formula is C16H19BrO5. The molecule has 0 aliphatic carbocycles. The van der Waals surface area contributed by atoms with Gasteiger partial charge in [0.25, 0.3) is 0 Å². The van der Waals surface area contributed by atoms with E-state index in [1.54, 1.807) is 25.1 Å². The second-order valence-electron chi connectivity index (χ2n) is 5.15. The molecule has 0 radical (unpaired) electrons. The number of hydrogen-bond donors (Lipinski definition) is 0. The van der Waals surface area contributed by atoms with Gasteiger partial charge in [0.2, 0.25) is 0 Å². The van der Waals surface area contributed by atoms with E-state index in [0.29, 0.717) is 12.2 Å². The van der Waals surface area contributed by atoms with Crippen LogP contribution >= 0.6 is 15.9 Å². The van der Waals surface area contributed by atoms with Gasteiger partial charge >= 0.3 is 5.97 Å². The normalized spacial score (nSPS) is 18.9. The van der Waals surface area contributed by atoms with E-state index >= 15 is 0 Å². The summed E-state index contributed by atoms with van der Waals surface area (Å²) in [5.41, 5.74) is 0.495. The molecule has 0 spiro atoms. The number of carbonyl (C=O) groups excluding carboxylic acids is 2. The minimum atomic E-state index is -0.709. The molecule has 0 saturated carbocycles. The number of ether oxygens (including phenoxy) is 3. The van der Waals surface area contributed by atoms with Crippen molar-refractivity contribution in [3.8, 4) is 0 Å². The van der Waals surface area contributed by atoms with Crippen LogP contribution in [0.3, 0.4) is 0 Å². The van der Waals surface area contributed by atoms with Crippen LogP contribution < -0.4 is 0 Å². The van der Waals surface area contributed by atoms with Gasteiger partial charge in [-0.05, 0) is 31.9 Å². The van der Waals surface area contributed by atoms with E-state index in [4.69, 9.17) is 14.2 Å². The monoisotopic (exact) mass is 370 g/mol. The summed E-state index contributed by atoms with van der Waals surface area (Å²) < 4.78 is 16.7. The van der Waals surface area contributed by atoms with Crippen LogP contribution in [0.4, 0.5) is 0 Å². The molecular weight excluding hydrogens is 352 g/mol. The van der Waals surface area contributed by atoms with Crippen molar-refractivity contribution >= 4 is 27.7 Å². The fourth-order valence-corrected chi connectivity index (χ4v) is 2.49. The molecule has 1 fully saturated rings. The van der Waals surface area contributed by atoms with Crippen LogP contribution in [0.25, 0.3) is 0 Å². The van der Waals surface area contributed by atoms with Crippen LogP contribution in [-0.4, -0.2) is 43.8 Å². The lowest BCUT2D eigenvalue weighted by Gasteiger charge is -2.15. The summed E-state index contributed by atoms with van der Waals surface area (Å²) >= 11 is 3.29. The van der Waals surface area contributed by atoms with Crippen molar-refractivity contribution in [2.24, 2.45) is 0 Å². The molecule has 0 aromatic heterocycles. The Hall–Kier alpha value is -1.24. The van der Waals surface area contributed by atoms with Gasteiger partial charge < -0.3 is 14.2 Å². The fraction of sp³-hybridized carbons (Fsp3) is 0.500. The number of halogens is 1. The summed E-state index contributed by atoms with van der Waals surface area (Å²) in [4.78, 5) is 23.7. The number of carbonyl (C=O) groups is 2. The summed E-state index contributed by atoms with van der Waals surface area (Å²) in [7, 11) is 0. The smallest absolute Gasteiger partial charge is 0.335 e. The average Bonchev–Trinajstić information content (AvgIpc) is 3.03. The molecule has 0 bridgehead atoms. The van der Waals surface area contributed by atoms with E-state index < -0.39 is 12.1 Å². The zero-order valence-electron chi connectivity index (χ0n) is 12.4. The zero-order chi connectivity index (χ0) is 15.9. The van der Waals surface area contributed by atoms with Crippen molar-refractivity contribution in [1.82, 2.24) is 0 Å². The molecule has 6 heteroatoms. The Balaban J connectivity index is 1.73. The first-order valence-electron chi connectivity index (χ1n) is 7.25. The van der Waals surface area contributed by atoms with Crippen LogP contribution in [0.1, 0.15) is 30.1 Å². The standard InChI is InChI=1S/C16H19BrO5/c1-11(21-9-14-6-3-7-20-14)16(19)22-10-15(18)12-4-2-5-13(17)8-12/h2,4-5,8,11,14H,3,6-7,9-10H2,1H3. The minimum absolute atomic E-state index is 0.0542. The molecule has 2 atom stereocenters. The molecule has 1 aromatic rings. The maximum absolute atomic E-state index is 11.9. The van der Waals surface area contributed by atoms with Crippen LogP contribution in [0.2, 0.25) is 0 Å². The number of esters is 1. The topological polar surface area (TPSA) is 61.8 Å². The zero-order valence-corrected chi connectivity index (χ0v) is 14.0. The van der Waals surface area contributed by atoms with Gasteiger partial charge in [0, 0.05) is 16.6 Å². The van der Waals surface area contributed by atoms with E-state index in [1.807, 2.05) is 6.07 Å². The molecule has 5 nitrogen and oxygen atoms in total. The summed E-state index contributed by atoms with van der Waals surface area (Å²) in [6.45, 7) is 2.44. The van der Waals surface area contributed by atoms with Gasteiger partial charge in [-0.25, -0.2) is 4.79 Å². The van der Waals surface area contributed by atoms with Gasteiger partial charge in [0.05, 0.1) is 12.7 Å². The number of hydrogen-bond acceptors (Lipinski definition) is 5. The molecule has 1 aromatic carbocycles. The van der Waals surface area contributed by atoms with Crippen molar-refractivity contribution < 1.29 is 23.8 Å². The van der Waals surface area contributed by atoms with Gasteiger partial charge in [-0.1, -0.05) is 28.1 Å². The maximum atomic E-state index is 11.9. The molecule has 0 amide bonds. The van der Waals surface area contributed by atoms with E-state index in [1.165, 1.54) is 0 Å². The molecule has 1 saturated heterocycles. The Morgan fingerprint density at radius 1 is 1.45 bits per heavy atom. The molecule has 120 valence electrons. The maximum Gasteiger partial charge on any atom is 0.335 e. The highest BCUT2D eigenvalue weighted by Crippen LogP contribution is 2.14. The Morgan fingerprint density at radius 2 is 2.27 bits per heavy atom.